The van der Waals surface area contributed by atoms with Crippen molar-refractivity contribution < 1.29 is 9.47 Å². The second-order valence-corrected chi connectivity index (χ2v) is 16.7. The predicted octanol–water partition coefficient (Wildman–Crippen LogP) is 14.4. The van der Waals surface area contributed by atoms with Gasteiger partial charge in [0.05, 0.1) is 44.1 Å². The SMILES string of the molecule is c1cnc(-n2c3cc(Oc4ccc5c6ccccc6n(-c6ccc7ccccc7n6)c5c4)ccc3c3ccc(Oc4ccc5c6ccccc6n(-c6ccc7ccccc7n6)c5c4)cc32)nc1. The molecule has 6 heterocycles. The molecule has 0 aliphatic carbocycles. The first-order chi connectivity index (χ1) is 33.2. The zero-order valence-electron chi connectivity index (χ0n) is 35.7. The van der Waals surface area contributed by atoms with E-state index in [1.165, 1.54) is 0 Å². The van der Waals surface area contributed by atoms with Crippen LogP contribution in [0.2, 0.25) is 0 Å². The van der Waals surface area contributed by atoms with Gasteiger partial charge in [0.25, 0.3) is 0 Å². The highest BCUT2D eigenvalue weighted by molar-refractivity contribution is 6.12. The molecule has 0 aliphatic heterocycles. The minimum atomic E-state index is 0.541. The molecule has 0 fully saturated rings. The predicted molar refractivity (Wildman–Crippen MR) is 269 cm³/mol. The summed E-state index contributed by atoms with van der Waals surface area (Å²) in [6, 6.07) is 68.5. The third-order valence-electron chi connectivity index (χ3n) is 12.9. The van der Waals surface area contributed by atoms with Crippen molar-refractivity contribution in [1.29, 1.82) is 0 Å². The van der Waals surface area contributed by atoms with Crippen molar-refractivity contribution in [3.63, 3.8) is 0 Å². The maximum atomic E-state index is 6.74. The van der Waals surface area contributed by atoms with Gasteiger partial charge in [-0.2, -0.15) is 0 Å². The Labute approximate surface area is 382 Å². The van der Waals surface area contributed by atoms with E-state index in [9.17, 15) is 0 Å². The second-order valence-electron chi connectivity index (χ2n) is 16.7. The van der Waals surface area contributed by atoms with E-state index < -0.39 is 0 Å². The molecule has 314 valence electrons. The zero-order chi connectivity index (χ0) is 44.0. The first kappa shape index (κ1) is 37.1. The lowest BCUT2D eigenvalue weighted by molar-refractivity contribution is 0.484. The van der Waals surface area contributed by atoms with Crippen LogP contribution in [0.4, 0.5) is 0 Å². The zero-order valence-corrected chi connectivity index (χ0v) is 35.7. The van der Waals surface area contributed by atoms with Crippen molar-refractivity contribution in [3.8, 4) is 40.6 Å². The van der Waals surface area contributed by atoms with Crippen LogP contribution >= 0.6 is 0 Å². The lowest BCUT2D eigenvalue weighted by Gasteiger charge is -2.11. The largest absolute Gasteiger partial charge is 0.457 e. The van der Waals surface area contributed by atoms with Crippen LogP contribution in [-0.2, 0) is 0 Å². The standard InChI is InChI=1S/C58H35N7O2/c1-5-14-48-36(10-1)18-28-56(61-48)63-50-16-7-3-12-42(50)44-24-20-38(32-52(44)63)66-40-22-26-46-47-27-23-41(35-55(47)65(54(46)34-40)58-59-30-9-31-60-58)67-39-21-25-45-43-13-4-8-17-51(43)64(53(45)33-39)57-29-19-37-11-2-6-15-49(37)62-57/h1-35H. The van der Waals surface area contributed by atoms with Crippen LogP contribution in [0.5, 0.6) is 23.0 Å². The van der Waals surface area contributed by atoms with Crippen molar-refractivity contribution in [2.45, 2.75) is 0 Å². The molecule has 0 unspecified atom stereocenters. The first-order valence-electron chi connectivity index (χ1n) is 22.2. The number of para-hydroxylation sites is 4. The molecule has 0 aliphatic rings. The Balaban J connectivity index is 0.859. The number of nitrogens with zero attached hydrogens (tertiary/aromatic N) is 7. The Kier molecular flexibility index (Phi) is 8.08. The number of hydrogen-bond acceptors (Lipinski definition) is 6. The summed E-state index contributed by atoms with van der Waals surface area (Å²) in [5.74, 6) is 5.01. The second kappa shape index (κ2) is 14.6. The number of fused-ring (bicyclic) bond motifs is 11. The molecule has 0 atom stereocenters. The summed E-state index contributed by atoms with van der Waals surface area (Å²) in [7, 11) is 0. The van der Waals surface area contributed by atoms with Gasteiger partial charge in [0, 0.05) is 79.7 Å². The van der Waals surface area contributed by atoms with Crippen molar-refractivity contribution >= 4 is 87.2 Å². The van der Waals surface area contributed by atoms with E-state index in [2.05, 4.69) is 159 Å². The summed E-state index contributed by atoms with van der Waals surface area (Å²) in [6.07, 6.45) is 3.52. The molecule has 9 nitrogen and oxygen atoms in total. The molecule has 14 rings (SSSR count). The Morgan fingerprint density at radius 1 is 0.299 bits per heavy atom. The average molecular weight is 862 g/mol. The minimum Gasteiger partial charge on any atom is -0.457 e. The van der Waals surface area contributed by atoms with E-state index in [1.807, 2.05) is 54.6 Å². The molecule has 8 aromatic carbocycles. The molecular weight excluding hydrogens is 827 g/mol. The molecule has 0 bridgehead atoms. The summed E-state index contributed by atoms with van der Waals surface area (Å²) < 4.78 is 20.0. The van der Waals surface area contributed by atoms with Crippen LogP contribution in [0.3, 0.4) is 0 Å². The molecule has 14 aromatic rings. The molecule has 67 heavy (non-hydrogen) atoms. The summed E-state index contributed by atoms with van der Waals surface area (Å²) in [5.41, 5.74) is 7.87. The Hall–Kier alpha value is -9.34. The highest BCUT2D eigenvalue weighted by atomic mass is 16.5. The lowest BCUT2D eigenvalue weighted by atomic mass is 10.1. The molecule has 9 heteroatoms. The molecule has 0 saturated heterocycles. The van der Waals surface area contributed by atoms with Gasteiger partial charge in [0.1, 0.15) is 34.6 Å². The number of hydrogen-bond donors (Lipinski definition) is 0. The topological polar surface area (TPSA) is 84.8 Å². The van der Waals surface area contributed by atoms with Gasteiger partial charge >= 0.3 is 0 Å². The Bertz CT molecular complexity index is 4050. The quantitative estimate of drug-likeness (QED) is 0.159. The van der Waals surface area contributed by atoms with E-state index in [0.717, 1.165) is 98.9 Å². The molecule has 0 amide bonds. The van der Waals surface area contributed by atoms with Gasteiger partial charge in [-0.1, -0.05) is 72.8 Å². The lowest BCUT2D eigenvalue weighted by Crippen LogP contribution is -2.00. The number of ether oxygens (including phenoxy) is 2. The highest BCUT2D eigenvalue weighted by Gasteiger charge is 2.19. The van der Waals surface area contributed by atoms with Crippen molar-refractivity contribution in [2.75, 3.05) is 0 Å². The monoisotopic (exact) mass is 861 g/mol. The molecule has 0 N–H and O–H groups in total. The summed E-state index contributed by atoms with van der Waals surface area (Å²) >= 11 is 0. The molecule has 0 spiro atoms. The van der Waals surface area contributed by atoms with E-state index in [1.54, 1.807) is 12.4 Å². The Morgan fingerprint density at radius 3 is 1.12 bits per heavy atom. The van der Waals surface area contributed by atoms with Crippen LogP contribution in [-0.4, -0.2) is 33.6 Å². The molecule has 0 saturated carbocycles. The van der Waals surface area contributed by atoms with Gasteiger partial charge in [-0.3, -0.25) is 13.7 Å². The van der Waals surface area contributed by atoms with Crippen molar-refractivity contribution in [1.82, 2.24) is 33.6 Å². The fraction of sp³-hybridized carbons (Fsp3) is 0. The van der Waals surface area contributed by atoms with E-state index in [-0.39, 0.29) is 0 Å². The summed E-state index contributed by atoms with van der Waals surface area (Å²) in [5, 5.41) is 8.82. The molecular formula is C58H35N7O2. The maximum absolute atomic E-state index is 6.74. The number of pyridine rings is 2. The van der Waals surface area contributed by atoms with Crippen LogP contribution in [0.15, 0.2) is 213 Å². The summed E-state index contributed by atoms with van der Waals surface area (Å²) in [4.78, 5) is 19.6. The normalized spacial score (nSPS) is 11.9. The average Bonchev–Trinajstić information content (AvgIpc) is 4.01. The number of aromatic nitrogens is 7. The van der Waals surface area contributed by atoms with Crippen molar-refractivity contribution in [2.24, 2.45) is 0 Å². The van der Waals surface area contributed by atoms with Crippen LogP contribution in [0, 0.1) is 0 Å². The minimum absolute atomic E-state index is 0.541. The van der Waals surface area contributed by atoms with E-state index in [4.69, 9.17) is 29.4 Å². The Morgan fingerprint density at radius 2 is 0.672 bits per heavy atom. The van der Waals surface area contributed by atoms with Gasteiger partial charge in [-0.25, -0.2) is 19.9 Å². The van der Waals surface area contributed by atoms with Crippen LogP contribution in [0.25, 0.3) is 105 Å². The van der Waals surface area contributed by atoms with Crippen LogP contribution in [0.1, 0.15) is 0 Å². The third kappa shape index (κ3) is 5.95. The van der Waals surface area contributed by atoms with Gasteiger partial charge in [0.15, 0.2) is 0 Å². The van der Waals surface area contributed by atoms with Gasteiger partial charge in [0.2, 0.25) is 5.95 Å². The van der Waals surface area contributed by atoms with Gasteiger partial charge in [-0.05, 0) is 103 Å². The molecule has 0 radical (unpaired) electrons. The fourth-order valence-electron chi connectivity index (χ4n) is 9.88. The fourth-order valence-corrected chi connectivity index (χ4v) is 9.88. The third-order valence-corrected chi connectivity index (χ3v) is 12.9. The highest BCUT2D eigenvalue weighted by Crippen LogP contribution is 2.40. The smallest absolute Gasteiger partial charge is 0.234 e. The van der Waals surface area contributed by atoms with Gasteiger partial charge in [-0.15, -0.1) is 0 Å². The number of benzene rings is 8. The van der Waals surface area contributed by atoms with E-state index in [0.29, 0.717) is 28.9 Å². The van der Waals surface area contributed by atoms with Crippen LogP contribution < -0.4 is 9.47 Å². The van der Waals surface area contributed by atoms with E-state index >= 15 is 0 Å². The van der Waals surface area contributed by atoms with Gasteiger partial charge < -0.3 is 9.47 Å². The first-order valence-corrected chi connectivity index (χ1v) is 22.2. The molecule has 6 aromatic heterocycles. The maximum Gasteiger partial charge on any atom is 0.234 e. The number of rotatable bonds is 7. The summed E-state index contributed by atoms with van der Waals surface area (Å²) in [6.45, 7) is 0. The van der Waals surface area contributed by atoms with Crippen molar-refractivity contribution in [3.05, 3.63) is 213 Å².